The summed E-state index contributed by atoms with van der Waals surface area (Å²) in [6.07, 6.45) is 5.17. The van der Waals surface area contributed by atoms with E-state index in [1.165, 1.54) is 28.7 Å². The Morgan fingerprint density at radius 1 is 1.32 bits per heavy atom. The van der Waals surface area contributed by atoms with Crippen LogP contribution in [0.1, 0.15) is 16.9 Å². The molecule has 2 aromatic rings. The van der Waals surface area contributed by atoms with Gasteiger partial charge < -0.3 is 15.2 Å². The van der Waals surface area contributed by atoms with E-state index in [1.54, 1.807) is 17.7 Å². The molecule has 0 atom stereocenters. The zero-order valence-electron chi connectivity index (χ0n) is 10.7. The molecule has 0 saturated heterocycles. The molecule has 0 aromatic carbocycles. The smallest absolute Gasteiger partial charge is 0.138 e. The van der Waals surface area contributed by atoms with E-state index in [4.69, 9.17) is 9.84 Å². The average Bonchev–Trinajstić information content (AvgIpc) is 2.98. The van der Waals surface area contributed by atoms with Crippen LogP contribution in [0.5, 0.6) is 0 Å². The molecule has 6 heteroatoms. The Morgan fingerprint density at radius 2 is 2.26 bits per heavy atom. The highest BCUT2D eigenvalue weighted by atomic mass is 32.1. The maximum Gasteiger partial charge on any atom is 0.138 e. The van der Waals surface area contributed by atoms with E-state index < -0.39 is 0 Å². The van der Waals surface area contributed by atoms with Crippen molar-refractivity contribution in [3.05, 3.63) is 16.8 Å². The number of thiophene rings is 1. The maximum atomic E-state index is 8.64. The van der Waals surface area contributed by atoms with E-state index in [1.807, 2.05) is 0 Å². The van der Waals surface area contributed by atoms with E-state index >= 15 is 0 Å². The van der Waals surface area contributed by atoms with Crippen LogP contribution in [0.15, 0.2) is 6.33 Å². The van der Waals surface area contributed by atoms with Crippen LogP contribution in [0, 0.1) is 0 Å². The molecule has 19 heavy (non-hydrogen) atoms. The predicted octanol–water partition coefficient (Wildman–Crippen LogP) is 1.60. The lowest BCUT2D eigenvalue weighted by molar-refractivity contribution is 0.0992. The monoisotopic (exact) mass is 279 g/mol. The van der Waals surface area contributed by atoms with Crippen LogP contribution in [-0.2, 0) is 17.6 Å². The summed E-state index contributed by atoms with van der Waals surface area (Å²) < 4.78 is 5.24. The number of rotatable bonds is 6. The third kappa shape index (κ3) is 2.56. The highest BCUT2D eigenvalue weighted by Gasteiger charge is 2.20. The van der Waals surface area contributed by atoms with Crippen LogP contribution in [0.2, 0.25) is 0 Å². The van der Waals surface area contributed by atoms with Crippen molar-refractivity contribution < 1.29 is 9.84 Å². The van der Waals surface area contributed by atoms with Gasteiger partial charge >= 0.3 is 0 Å². The van der Waals surface area contributed by atoms with Crippen molar-refractivity contribution in [3.8, 4) is 0 Å². The molecular formula is C13H17N3O2S. The highest BCUT2D eigenvalue weighted by molar-refractivity contribution is 7.19. The number of nitrogens with zero attached hydrogens (tertiary/aromatic N) is 2. The Hall–Kier alpha value is -1.24. The number of hydrogen-bond donors (Lipinski definition) is 2. The quantitative estimate of drug-likeness (QED) is 0.786. The number of anilines is 1. The van der Waals surface area contributed by atoms with Gasteiger partial charge in [0.15, 0.2) is 0 Å². The van der Waals surface area contributed by atoms with Crippen molar-refractivity contribution in [1.82, 2.24) is 9.97 Å². The Labute approximate surface area is 115 Å². The average molecular weight is 279 g/mol. The maximum absolute atomic E-state index is 8.64. The van der Waals surface area contributed by atoms with Gasteiger partial charge in [-0.2, -0.15) is 0 Å². The first-order valence-corrected chi connectivity index (χ1v) is 7.39. The second-order valence-electron chi connectivity index (χ2n) is 4.52. The summed E-state index contributed by atoms with van der Waals surface area (Å²) in [5.41, 5.74) is 1.43. The molecule has 5 nitrogen and oxygen atoms in total. The van der Waals surface area contributed by atoms with E-state index in [0.717, 1.165) is 17.1 Å². The molecule has 102 valence electrons. The van der Waals surface area contributed by atoms with E-state index in [2.05, 4.69) is 15.3 Å². The molecule has 0 fully saturated rings. The summed E-state index contributed by atoms with van der Waals surface area (Å²) in [5.74, 6) is 0.914. The lowest BCUT2D eigenvalue weighted by Gasteiger charge is -2.07. The van der Waals surface area contributed by atoms with Gasteiger partial charge in [0.05, 0.1) is 25.2 Å². The second kappa shape index (κ2) is 5.81. The molecule has 2 heterocycles. The van der Waals surface area contributed by atoms with Crippen molar-refractivity contribution in [2.24, 2.45) is 0 Å². The molecule has 2 N–H and O–H groups in total. The molecular weight excluding hydrogens is 262 g/mol. The Bertz CT molecular complexity index is 570. The normalized spacial score (nSPS) is 13.9. The lowest BCUT2D eigenvalue weighted by atomic mass is 10.2. The van der Waals surface area contributed by atoms with Crippen molar-refractivity contribution >= 4 is 27.4 Å². The minimum atomic E-state index is 0.0653. The summed E-state index contributed by atoms with van der Waals surface area (Å²) in [4.78, 5) is 11.3. The van der Waals surface area contributed by atoms with Gasteiger partial charge in [0, 0.05) is 11.4 Å². The van der Waals surface area contributed by atoms with Gasteiger partial charge in [0.1, 0.15) is 17.0 Å². The largest absolute Gasteiger partial charge is 0.394 e. The molecule has 0 amide bonds. The molecule has 1 aliphatic rings. The van der Waals surface area contributed by atoms with Crippen LogP contribution in [0.4, 0.5) is 5.82 Å². The summed E-state index contributed by atoms with van der Waals surface area (Å²) in [6.45, 7) is 1.71. The second-order valence-corrected chi connectivity index (χ2v) is 5.61. The molecule has 0 bridgehead atoms. The summed E-state index contributed by atoms with van der Waals surface area (Å²) in [6, 6.07) is 0. The number of ether oxygens (including phenoxy) is 1. The van der Waals surface area contributed by atoms with E-state index in [9.17, 15) is 0 Å². The van der Waals surface area contributed by atoms with E-state index in [0.29, 0.717) is 19.8 Å². The van der Waals surface area contributed by atoms with Crippen molar-refractivity contribution in [1.29, 1.82) is 0 Å². The molecule has 0 spiro atoms. The minimum Gasteiger partial charge on any atom is -0.394 e. The van der Waals surface area contributed by atoms with Gasteiger partial charge in [-0.3, -0.25) is 0 Å². The standard InChI is InChI=1S/C13H17N3O2S/c17-5-7-18-6-4-14-12-11-9-2-1-3-10(9)19-13(11)16-8-15-12/h8,17H,1-7H2,(H,14,15,16). The fourth-order valence-corrected chi connectivity index (χ4v) is 3.70. The van der Waals surface area contributed by atoms with Gasteiger partial charge in [-0.1, -0.05) is 0 Å². The van der Waals surface area contributed by atoms with Crippen LogP contribution in [0.3, 0.4) is 0 Å². The van der Waals surface area contributed by atoms with E-state index in [-0.39, 0.29) is 6.61 Å². The fraction of sp³-hybridized carbons (Fsp3) is 0.538. The molecule has 3 rings (SSSR count). The first-order valence-electron chi connectivity index (χ1n) is 6.58. The number of aryl methyl sites for hydroxylation is 2. The fourth-order valence-electron chi connectivity index (χ4n) is 2.47. The number of fused-ring (bicyclic) bond motifs is 3. The molecule has 2 aromatic heterocycles. The Morgan fingerprint density at radius 3 is 3.16 bits per heavy atom. The molecule has 0 unspecified atom stereocenters. The molecule has 0 radical (unpaired) electrons. The van der Waals surface area contributed by atoms with Gasteiger partial charge in [-0.25, -0.2) is 9.97 Å². The highest BCUT2D eigenvalue weighted by Crippen LogP contribution is 2.38. The number of aliphatic hydroxyl groups is 1. The molecule has 1 aliphatic carbocycles. The van der Waals surface area contributed by atoms with Gasteiger partial charge in [-0.05, 0) is 24.8 Å². The minimum absolute atomic E-state index is 0.0653. The van der Waals surface area contributed by atoms with Gasteiger partial charge in [0.25, 0.3) is 0 Å². The zero-order chi connectivity index (χ0) is 13.1. The predicted molar refractivity (Wildman–Crippen MR) is 75.8 cm³/mol. The first kappa shape index (κ1) is 12.8. The van der Waals surface area contributed by atoms with Crippen LogP contribution in [-0.4, -0.2) is 41.4 Å². The summed E-state index contributed by atoms with van der Waals surface area (Å²) in [5, 5.41) is 13.1. The van der Waals surface area contributed by atoms with Crippen LogP contribution in [0.25, 0.3) is 10.2 Å². The SMILES string of the molecule is OCCOCCNc1ncnc2sc3c(c12)CCC3. The molecule has 0 saturated carbocycles. The molecule has 0 aliphatic heterocycles. The summed E-state index contributed by atoms with van der Waals surface area (Å²) >= 11 is 1.79. The van der Waals surface area contributed by atoms with Crippen molar-refractivity contribution in [2.45, 2.75) is 19.3 Å². The first-order chi connectivity index (χ1) is 9.40. The van der Waals surface area contributed by atoms with Gasteiger partial charge in [-0.15, -0.1) is 11.3 Å². The van der Waals surface area contributed by atoms with Gasteiger partial charge in [0.2, 0.25) is 0 Å². The Kier molecular flexibility index (Phi) is 3.91. The number of nitrogens with one attached hydrogen (secondary N) is 1. The Balaban J connectivity index is 1.75. The topological polar surface area (TPSA) is 67.3 Å². The van der Waals surface area contributed by atoms with Crippen LogP contribution < -0.4 is 5.32 Å². The lowest BCUT2D eigenvalue weighted by Crippen LogP contribution is -2.12. The number of aliphatic hydroxyl groups excluding tert-OH is 1. The zero-order valence-corrected chi connectivity index (χ0v) is 11.5. The number of hydrogen-bond acceptors (Lipinski definition) is 6. The third-order valence-corrected chi connectivity index (χ3v) is 4.48. The van der Waals surface area contributed by atoms with Crippen molar-refractivity contribution in [3.63, 3.8) is 0 Å². The van der Waals surface area contributed by atoms with Crippen LogP contribution >= 0.6 is 11.3 Å². The van der Waals surface area contributed by atoms with Crippen molar-refractivity contribution in [2.75, 3.05) is 31.7 Å². The number of aromatic nitrogens is 2. The third-order valence-electron chi connectivity index (χ3n) is 3.28. The summed E-state index contributed by atoms with van der Waals surface area (Å²) in [7, 11) is 0.